The molecule has 1 aliphatic rings. The van der Waals surface area contributed by atoms with E-state index in [0.29, 0.717) is 24.7 Å². The molecule has 0 bridgehead atoms. The lowest BCUT2D eigenvalue weighted by atomic mass is 10.1. The number of sulfonamides is 1. The van der Waals surface area contributed by atoms with Crippen LogP contribution in [-0.2, 0) is 14.8 Å². The first kappa shape index (κ1) is 22.7. The molecular formula is C25H24N4O3S2. The summed E-state index contributed by atoms with van der Waals surface area (Å²) in [4.78, 5) is 10.3. The van der Waals surface area contributed by atoms with Gasteiger partial charge >= 0.3 is 0 Å². The maximum Gasteiger partial charge on any atom is 0.243 e. The molecule has 0 spiro atoms. The average Bonchev–Trinajstić information content (AvgIpc) is 3.29. The van der Waals surface area contributed by atoms with Crippen molar-refractivity contribution in [2.75, 3.05) is 25.0 Å². The number of thiazole rings is 1. The third-order valence-corrected chi connectivity index (χ3v) is 8.29. The van der Waals surface area contributed by atoms with Gasteiger partial charge in [0.1, 0.15) is 11.9 Å². The predicted molar refractivity (Wildman–Crippen MR) is 134 cm³/mol. The minimum absolute atomic E-state index is 0.204. The van der Waals surface area contributed by atoms with Gasteiger partial charge in [-0.2, -0.15) is 4.31 Å². The summed E-state index contributed by atoms with van der Waals surface area (Å²) in [5.41, 5.74) is 2.70. The largest absolute Gasteiger partial charge is 0.369 e. The second-order valence-corrected chi connectivity index (χ2v) is 11.1. The van der Waals surface area contributed by atoms with Crippen molar-refractivity contribution >= 4 is 32.3 Å². The third-order valence-electron chi connectivity index (χ3n) is 5.59. The van der Waals surface area contributed by atoms with Crippen LogP contribution in [0.25, 0.3) is 11.1 Å². The van der Waals surface area contributed by atoms with Gasteiger partial charge in [0.25, 0.3) is 0 Å². The number of hydrogen-bond acceptors (Lipinski definition) is 7. The minimum Gasteiger partial charge on any atom is -0.369 e. The lowest BCUT2D eigenvalue weighted by molar-refractivity contribution is -0.00486. The Balaban J connectivity index is 1.32. The number of morpholine rings is 1. The number of benzene rings is 2. The van der Waals surface area contributed by atoms with Crippen LogP contribution in [0.1, 0.15) is 16.7 Å². The van der Waals surface area contributed by atoms with Gasteiger partial charge in [0.05, 0.1) is 17.2 Å². The van der Waals surface area contributed by atoms with E-state index in [1.807, 2.05) is 67.6 Å². The van der Waals surface area contributed by atoms with Crippen molar-refractivity contribution in [2.24, 2.45) is 0 Å². The van der Waals surface area contributed by atoms with Gasteiger partial charge in [-0.05, 0) is 42.3 Å². The Morgan fingerprint density at radius 2 is 1.76 bits per heavy atom. The van der Waals surface area contributed by atoms with E-state index in [0.717, 1.165) is 21.1 Å². The van der Waals surface area contributed by atoms with Crippen LogP contribution >= 0.6 is 11.3 Å². The standard InChI is InChI=1S/C25H24N4O3S2/c1-18-16-26-25(33-18)28-24-9-5-8-22(27-24)23-17-29(14-15-32-23)34(30,31)21-12-10-20(11-13-21)19-6-3-2-4-7-19/h2-13,16,23H,14-15,17H2,1H3,(H,26,27,28). The zero-order chi connectivity index (χ0) is 23.5. The van der Waals surface area contributed by atoms with Crippen molar-refractivity contribution < 1.29 is 13.2 Å². The van der Waals surface area contributed by atoms with Gasteiger partial charge in [-0.15, -0.1) is 11.3 Å². The quantitative estimate of drug-likeness (QED) is 0.407. The fourth-order valence-corrected chi connectivity index (χ4v) is 5.94. The van der Waals surface area contributed by atoms with Gasteiger partial charge in [-0.25, -0.2) is 18.4 Å². The van der Waals surface area contributed by atoms with Gasteiger partial charge in [0.15, 0.2) is 5.13 Å². The zero-order valence-electron chi connectivity index (χ0n) is 18.6. The molecule has 4 aromatic rings. The number of aryl methyl sites for hydroxylation is 1. The molecule has 1 saturated heterocycles. The van der Waals surface area contributed by atoms with Gasteiger partial charge in [0.2, 0.25) is 10.0 Å². The van der Waals surface area contributed by atoms with Gasteiger partial charge in [-0.3, -0.25) is 0 Å². The Bertz CT molecular complexity index is 1370. The second kappa shape index (κ2) is 9.63. The first-order valence-electron chi connectivity index (χ1n) is 10.9. The fraction of sp³-hybridized carbons (Fsp3) is 0.200. The number of ether oxygens (including phenoxy) is 1. The van der Waals surface area contributed by atoms with Crippen molar-refractivity contribution in [1.29, 1.82) is 0 Å². The van der Waals surface area contributed by atoms with Crippen LogP contribution in [0.3, 0.4) is 0 Å². The fourth-order valence-electron chi connectivity index (χ4n) is 3.84. The lowest BCUT2D eigenvalue weighted by Crippen LogP contribution is -2.42. The number of hydrogen-bond donors (Lipinski definition) is 1. The zero-order valence-corrected chi connectivity index (χ0v) is 20.2. The van der Waals surface area contributed by atoms with Gasteiger partial charge in [-0.1, -0.05) is 48.5 Å². The van der Waals surface area contributed by atoms with Gasteiger partial charge < -0.3 is 10.1 Å². The van der Waals surface area contributed by atoms with Crippen LogP contribution < -0.4 is 5.32 Å². The molecule has 1 N–H and O–H groups in total. The Kier molecular flexibility index (Phi) is 6.42. The number of nitrogens with one attached hydrogen (secondary N) is 1. The number of nitrogens with zero attached hydrogens (tertiary/aromatic N) is 3. The first-order valence-corrected chi connectivity index (χ1v) is 13.2. The molecule has 174 valence electrons. The van der Waals surface area contributed by atoms with Gasteiger partial charge in [0, 0.05) is 24.2 Å². The average molecular weight is 493 g/mol. The molecule has 1 fully saturated rings. The van der Waals surface area contributed by atoms with Crippen molar-refractivity contribution in [3.05, 3.63) is 89.6 Å². The SMILES string of the molecule is Cc1cnc(Nc2cccc(C3CN(S(=O)(=O)c4ccc(-c5ccccc5)cc4)CCO3)n2)s1. The first-order chi connectivity index (χ1) is 16.5. The smallest absolute Gasteiger partial charge is 0.243 e. The monoisotopic (exact) mass is 492 g/mol. The summed E-state index contributed by atoms with van der Waals surface area (Å²) in [6.07, 6.45) is 1.35. The summed E-state index contributed by atoms with van der Waals surface area (Å²) >= 11 is 1.54. The van der Waals surface area contributed by atoms with E-state index in [1.54, 1.807) is 29.7 Å². The molecule has 0 amide bonds. The molecule has 34 heavy (non-hydrogen) atoms. The highest BCUT2D eigenvalue weighted by atomic mass is 32.2. The molecule has 0 saturated carbocycles. The normalized spacial score (nSPS) is 16.9. The van der Waals surface area contributed by atoms with Crippen LogP contribution in [0.2, 0.25) is 0 Å². The Labute approximate surface area is 203 Å². The van der Waals surface area contributed by atoms with E-state index in [1.165, 1.54) is 4.31 Å². The highest BCUT2D eigenvalue weighted by Crippen LogP contribution is 2.28. The van der Waals surface area contributed by atoms with Crippen LogP contribution in [-0.4, -0.2) is 42.4 Å². The van der Waals surface area contributed by atoms with Crippen molar-refractivity contribution in [2.45, 2.75) is 17.9 Å². The lowest BCUT2D eigenvalue weighted by Gasteiger charge is -2.32. The molecule has 2 aromatic heterocycles. The summed E-state index contributed by atoms with van der Waals surface area (Å²) in [6.45, 7) is 2.80. The van der Waals surface area contributed by atoms with Crippen LogP contribution in [0.5, 0.6) is 0 Å². The maximum atomic E-state index is 13.4. The van der Waals surface area contributed by atoms with Crippen LogP contribution in [0.15, 0.2) is 83.9 Å². The van der Waals surface area contributed by atoms with E-state index in [2.05, 4.69) is 15.3 Å². The van der Waals surface area contributed by atoms with Crippen LogP contribution in [0, 0.1) is 6.92 Å². The second-order valence-electron chi connectivity index (χ2n) is 7.96. The minimum atomic E-state index is -3.66. The molecular weight excluding hydrogens is 468 g/mol. The number of rotatable bonds is 6. The molecule has 1 unspecified atom stereocenters. The molecule has 5 rings (SSSR count). The highest BCUT2D eigenvalue weighted by Gasteiger charge is 2.32. The Morgan fingerprint density at radius 1 is 1.00 bits per heavy atom. The molecule has 9 heteroatoms. The van der Waals surface area contributed by atoms with E-state index in [9.17, 15) is 8.42 Å². The molecule has 1 aliphatic heterocycles. The summed E-state index contributed by atoms with van der Waals surface area (Å²) < 4.78 is 34.1. The van der Waals surface area contributed by atoms with E-state index < -0.39 is 16.1 Å². The van der Waals surface area contributed by atoms with Crippen molar-refractivity contribution in [3.8, 4) is 11.1 Å². The molecule has 0 aliphatic carbocycles. The summed E-state index contributed by atoms with van der Waals surface area (Å²) in [6, 6.07) is 22.5. The van der Waals surface area contributed by atoms with E-state index in [4.69, 9.17) is 4.74 Å². The summed E-state index contributed by atoms with van der Waals surface area (Å²) in [5.74, 6) is 0.645. The maximum absolute atomic E-state index is 13.4. The predicted octanol–water partition coefficient (Wildman–Crippen LogP) is 5.02. The Morgan fingerprint density at radius 3 is 2.50 bits per heavy atom. The molecule has 7 nitrogen and oxygen atoms in total. The highest BCUT2D eigenvalue weighted by molar-refractivity contribution is 7.89. The number of pyridine rings is 1. The molecule has 3 heterocycles. The third kappa shape index (κ3) is 4.88. The molecule has 0 radical (unpaired) electrons. The molecule has 2 aromatic carbocycles. The van der Waals surface area contributed by atoms with Crippen LogP contribution in [0.4, 0.5) is 10.9 Å². The number of aromatic nitrogens is 2. The topological polar surface area (TPSA) is 84.4 Å². The summed E-state index contributed by atoms with van der Waals surface area (Å²) in [7, 11) is -3.66. The Hall–Kier alpha value is -3.11. The molecule has 1 atom stereocenters. The summed E-state index contributed by atoms with van der Waals surface area (Å²) in [5, 5.41) is 3.96. The van der Waals surface area contributed by atoms with E-state index in [-0.39, 0.29) is 11.4 Å². The van der Waals surface area contributed by atoms with Crippen molar-refractivity contribution in [1.82, 2.24) is 14.3 Å². The van der Waals surface area contributed by atoms with Crippen molar-refractivity contribution in [3.63, 3.8) is 0 Å². The van der Waals surface area contributed by atoms with E-state index >= 15 is 0 Å². The number of anilines is 2.